The van der Waals surface area contributed by atoms with Crippen molar-refractivity contribution in [1.82, 2.24) is 14.3 Å². The summed E-state index contributed by atoms with van der Waals surface area (Å²) >= 11 is 0. The number of carbonyl (C=O) groups excluding carboxylic acids is 1. The molecular formula is C22H26FN3O. The Kier molecular flexibility index (Phi) is 6.22. The van der Waals surface area contributed by atoms with Crippen LogP contribution in [0, 0.1) is 5.82 Å². The zero-order chi connectivity index (χ0) is 19.2. The van der Waals surface area contributed by atoms with Gasteiger partial charge in [0.15, 0.2) is 0 Å². The maximum Gasteiger partial charge on any atom is 0.223 e. The number of nitrogens with zero attached hydrogens (tertiary/aromatic N) is 3. The van der Waals surface area contributed by atoms with E-state index in [0.717, 1.165) is 42.8 Å². The number of pyridine rings is 1. The van der Waals surface area contributed by atoms with Gasteiger partial charge in [0.1, 0.15) is 11.5 Å². The van der Waals surface area contributed by atoms with Crippen LogP contribution in [0.5, 0.6) is 0 Å². The number of rotatable bonds is 8. The minimum Gasteiger partial charge on any atom is -0.343 e. The van der Waals surface area contributed by atoms with Crippen LogP contribution < -0.4 is 0 Å². The summed E-state index contributed by atoms with van der Waals surface area (Å²) in [5, 5.41) is 0. The Balaban J connectivity index is 1.99. The topological polar surface area (TPSA) is 37.6 Å². The highest BCUT2D eigenvalue weighted by Crippen LogP contribution is 2.30. The van der Waals surface area contributed by atoms with Gasteiger partial charge in [-0.25, -0.2) is 9.37 Å². The van der Waals surface area contributed by atoms with Gasteiger partial charge in [-0.3, -0.25) is 4.79 Å². The third-order valence-electron chi connectivity index (χ3n) is 4.77. The largest absolute Gasteiger partial charge is 0.343 e. The Morgan fingerprint density at radius 2 is 1.93 bits per heavy atom. The minimum atomic E-state index is -0.294. The molecule has 1 atom stereocenters. The van der Waals surface area contributed by atoms with E-state index in [2.05, 4.69) is 18.8 Å². The lowest BCUT2D eigenvalue weighted by atomic mass is 9.92. The molecule has 3 aromatic rings. The molecule has 0 N–H and O–H groups in total. The van der Waals surface area contributed by atoms with E-state index in [9.17, 15) is 9.18 Å². The van der Waals surface area contributed by atoms with Gasteiger partial charge in [-0.2, -0.15) is 0 Å². The Morgan fingerprint density at radius 1 is 1.15 bits per heavy atom. The summed E-state index contributed by atoms with van der Waals surface area (Å²) in [5.41, 5.74) is 2.51. The number of hydrogen-bond acceptors (Lipinski definition) is 2. The summed E-state index contributed by atoms with van der Waals surface area (Å²) < 4.78 is 15.9. The smallest absolute Gasteiger partial charge is 0.223 e. The van der Waals surface area contributed by atoms with Crippen molar-refractivity contribution in [2.24, 2.45) is 0 Å². The third kappa shape index (κ3) is 4.35. The fourth-order valence-corrected chi connectivity index (χ4v) is 3.53. The molecule has 2 heterocycles. The number of amides is 1. The molecule has 3 rings (SSSR count). The minimum absolute atomic E-state index is 0.0962. The van der Waals surface area contributed by atoms with Gasteiger partial charge in [-0.1, -0.05) is 32.0 Å². The van der Waals surface area contributed by atoms with Crippen LogP contribution in [0.1, 0.15) is 50.3 Å². The molecule has 1 amide bonds. The van der Waals surface area contributed by atoms with Crippen molar-refractivity contribution in [2.75, 3.05) is 13.1 Å². The molecule has 0 fully saturated rings. The number of fused-ring (bicyclic) bond motifs is 1. The molecule has 142 valence electrons. The SMILES string of the molecule is CCCN(CCC)C(=O)C[C@@H](c1cccc(F)c1)c1cnc2ccccn12. The van der Waals surface area contributed by atoms with Crippen LogP contribution in [-0.2, 0) is 4.79 Å². The van der Waals surface area contributed by atoms with Crippen LogP contribution >= 0.6 is 0 Å². The molecule has 0 aliphatic carbocycles. The van der Waals surface area contributed by atoms with Crippen LogP contribution in [0.3, 0.4) is 0 Å². The number of aromatic nitrogens is 2. The second-order valence-electron chi connectivity index (χ2n) is 6.80. The van der Waals surface area contributed by atoms with E-state index < -0.39 is 0 Å². The first-order valence-corrected chi connectivity index (χ1v) is 9.59. The van der Waals surface area contributed by atoms with Crippen LogP contribution in [-0.4, -0.2) is 33.3 Å². The van der Waals surface area contributed by atoms with Gasteiger partial charge in [0, 0.05) is 37.8 Å². The fourth-order valence-electron chi connectivity index (χ4n) is 3.53. The van der Waals surface area contributed by atoms with Gasteiger partial charge in [-0.15, -0.1) is 0 Å². The van der Waals surface area contributed by atoms with Crippen molar-refractivity contribution in [3.8, 4) is 0 Å². The van der Waals surface area contributed by atoms with Gasteiger partial charge in [0.2, 0.25) is 5.91 Å². The Hall–Kier alpha value is -2.69. The molecule has 0 saturated heterocycles. The molecule has 0 saturated carbocycles. The number of benzene rings is 1. The Morgan fingerprint density at radius 3 is 2.63 bits per heavy atom. The van der Waals surface area contributed by atoms with E-state index in [4.69, 9.17) is 0 Å². The summed E-state index contributed by atoms with van der Waals surface area (Å²) in [4.78, 5) is 19.4. The summed E-state index contributed by atoms with van der Waals surface area (Å²) in [6, 6.07) is 12.3. The first-order chi connectivity index (χ1) is 13.1. The highest BCUT2D eigenvalue weighted by atomic mass is 19.1. The summed E-state index contributed by atoms with van der Waals surface area (Å²) in [7, 11) is 0. The Labute approximate surface area is 159 Å². The van der Waals surface area contributed by atoms with Gasteiger partial charge < -0.3 is 9.30 Å². The molecule has 5 heteroatoms. The highest BCUT2D eigenvalue weighted by molar-refractivity contribution is 5.77. The van der Waals surface area contributed by atoms with Gasteiger partial charge >= 0.3 is 0 Å². The molecule has 0 radical (unpaired) electrons. The van der Waals surface area contributed by atoms with E-state index in [1.807, 2.05) is 39.8 Å². The molecule has 0 bridgehead atoms. The van der Waals surface area contributed by atoms with Gasteiger partial charge in [0.05, 0.1) is 5.69 Å². The normalized spacial score (nSPS) is 12.3. The molecule has 0 aliphatic heterocycles. The molecule has 1 aromatic carbocycles. The van der Waals surface area contributed by atoms with Gasteiger partial charge in [0.25, 0.3) is 0 Å². The van der Waals surface area contributed by atoms with E-state index >= 15 is 0 Å². The monoisotopic (exact) mass is 367 g/mol. The van der Waals surface area contributed by atoms with Crippen molar-refractivity contribution in [3.05, 3.63) is 71.9 Å². The maximum absolute atomic E-state index is 13.9. The standard InChI is InChI=1S/C22H26FN3O/c1-3-11-25(12-4-2)22(27)15-19(17-8-7-9-18(23)14-17)20-16-24-21-10-5-6-13-26(20)21/h5-10,13-14,16,19H,3-4,11-12,15H2,1-2H3/t19-/m0/s1. The molecular weight excluding hydrogens is 341 g/mol. The van der Waals surface area contributed by atoms with Crippen molar-refractivity contribution in [1.29, 1.82) is 0 Å². The van der Waals surface area contributed by atoms with E-state index in [-0.39, 0.29) is 17.6 Å². The average Bonchev–Trinajstić information content (AvgIpc) is 3.09. The third-order valence-corrected chi connectivity index (χ3v) is 4.77. The van der Waals surface area contributed by atoms with Crippen LogP contribution in [0.25, 0.3) is 5.65 Å². The second kappa shape index (κ2) is 8.80. The number of imidazole rings is 1. The first kappa shape index (κ1) is 19.1. The molecule has 4 nitrogen and oxygen atoms in total. The average molecular weight is 367 g/mol. The Bertz CT molecular complexity index is 899. The predicted octanol–water partition coefficient (Wildman–Crippen LogP) is 4.64. The summed E-state index contributed by atoms with van der Waals surface area (Å²) in [5.74, 6) is -0.446. The fraction of sp³-hybridized carbons (Fsp3) is 0.364. The first-order valence-electron chi connectivity index (χ1n) is 9.59. The van der Waals surface area contributed by atoms with Crippen molar-refractivity contribution < 1.29 is 9.18 Å². The molecule has 0 unspecified atom stereocenters. The van der Waals surface area contributed by atoms with Crippen molar-refractivity contribution in [2.45, 2.75) is 39.0 Å². The molecule has 0 spiro atoms. The zero-order valence-electron chi connectivity index (χ0n) is 15.9. The van der Waals surface area contributed by atoms with Crippen LogP contribution in [0.2, 0.25) is 0 Å². The number of hydrogen-bond donors (Lipinski definition) is 0. The number of halogens is 1. The lowest BCUT2D eigenvalue weighted by molar-refractivity contribution is -0.131. The number of carbonyl (C=O) groups is 1. The molecule has 2 aromatic heterocycles. The van der Waals surface area contributed by atoms with E-state index in [1.54, 1.807) is 12.3 Å². The van der Waals surface area contributed by atoms with Crippen molar-refractivity contribution in [3.63, 3.8) is 0 Å². The molecule has 27 heavy (non-hydrogen) atoms. The van der Waals surface area contributed by atoms with E-state index in [1.165, 1.54) is 12.1 Å². The van der Waals surface area contributed by atoms with Crippen molar-refractivity contribution >= 4 is 11.6 Å². The quantitative estimate of drug-likeness (QED) is 0.581. The summed E-state index contributed by atoms with van der Waals surface area (Å²) in [6.45, 7) is 5.64. The predicted molar refractivity (Wildman–Crippen MR) is 105 cm³/mol. The zero-order valence-corrected chi connectivity index (χ0v) is 15.9. The lowest BCUT2D eigenvalue weighted by Crippen LogP contribution is -2.33. The lowest BCUT2D eigenvalue weighted by Gasteiger charge is -2.25. The highest BCUT2D eigenvalue weighted by Gasteiger charge is 2.24. The van der Waals surface area contributed by atoms with Crippen LogP contribution in [0.15, 0.2) is 54.9 Å². The molecule has 0 aliphatic rings. The summed E-state index contributed by atoms with van der Waals surface area (Å²) in [6.07, 6.45) is 5.87. The maximum atomic E-state index is 13.9. The second-order valence-corrected chi connectivity index (χ2v) is 6.80. The van der Waals surface area contributed by atoms with Gasteiger partial charge in [-0.05, 0) is 42.7 Å². The van der Waals surface area contributed by atoms with Crippen LogP contribution in [0.4, 0.5) is 4.39 Å². The van der Waals surface area contributed by atoms with E-state index in [0.29, 0.717) is 6.42 Å².